The summed E-state index contributed by atoms with van der Waals surface area (Å²) in [6, 6.07) is 5.12. The van der Waals surface area contributed by atoms with Crippen molar-refractivity contribution in [2.45, 2.75) is 26.2 Å². The molecule has 0 amide bonds. The predicted molar refractivity (Wildman–Crippen MR) is 87.7 cm³/mol. The Hall–Kier alpha value is -1.07. The summed E-state index contributed by atoms with van der Waals surface area (Å²) < 4.78 is 0.796. The summed E-state index contributed by atoms with van der Waals surface area (Å²) in [6.45, 7) is 3.87. The van der Waals surface area contributed by atoms with Crippen molar-refractivity contribution >= 4 is 34.1 Å². The summed E-state index contributed by atoms with van der Waals surface area (Å²) in [7, 11) is 0. The number of benzene rings is 1. The van der Waals surface area contributed by atoms with E-state index in [1.165, 1.54) is 31.0 Å². The summed E-state index contributed by atoms with van der Waals surface area (Å²) in [6.07, 6.45) is 3.61. The zero-order valence-corrected chi connectivity index (χ0v) is 13.2. The van der Waals surface area contributed by atoms with Gasteiger partial charge < -0.3 is 10.0 Å². The van der Waals surface area contributed by atoms with Gasteiger partial charge in [-0.25, -0.2) is 0 Å². The van der Waals surface area contributed by atoms with Crippen molar-refractivity contribution in [1.82, 2.24) is 4.90 Å². The van der Waals surface area contributed by atoms with Crippen molar-refractivity contribution in [2.24, 2.45) is 0 Å². The number of aromatic hydroxyl groups is 1. The molecule has 0 saturated carbocycles. The number of Topliss-reactive ketones (excluding diaryl/α,β-unsaturated/α-hetero) is 1. The number of carbonyl (C=O) groups excluding carboxylic acids is 1. The van der Waals surface area contributed by atoms with Crippen LogP contribution in [0.2, 0.25) is 0 Å². The first-order chi connectivity index (χ1) is 9.58. The normalized spacial score (nSPS) is 15.2. The van der Waals surface area contributed by atoms with Crippen LogP contribution in [-0.4, -0.2) is 39.0 Å². The quantitative estimate of drug-likeness (QED) is 0.684. The molecule has 0 bridgehead atoms. The Morgan fingerprint density at radius 3 is 2.70 bits per heavy atom. The van der Waals surface area contributed by atoms with Gasteiger partial charge in [0.25, 0.3) is 0 Å². The SMILES string of the molecule is Cc1ccc(C(=O)CSC(=S)N2CCCCC2)c(O)c1. The fourth-order valence-corrected chi connectivity index (χ4v) is 3.38. The number of rotatable bonds is 3. The smallest absolute Gasteiger partial charge is 0.176 e. The lowest BCUT2D eigenvalue weighted by Crippen LogP contribution is -2.33. The van der Waals surface area contributed by atoms with Gasteiger partial charge in [0, 0.05) is 13.1 Å². The molecule has 20 heavy (non-hydrogen) atoms. The zero-order valence-electron chi connectivity index (χ0n) is 11.6. The van der Waals surface area contributed by atoms with E-state index in [1.54, 1.807) is 12.1 Å². The predicted octanol–water partition coefficient (Wildman–Crippen LogP) is 3.39. The Morgan fingerprint density at radius 2 is 2.05 bits per heavy atom. The second-order valence-corrected chi connectivity index (χ2v) is 6.66. The summed E-state index contributed by atoms with van der Waals surface area (Å²) in [5, 5.41) is 9.80. The van der Waals surface area contributed by atoms with Crippen LogP contribution >= 0.6 is 24.0 Å². The third kappa shape index (κ3) is 3.96. The van der Waals surface area contributed by atoms with E-state index in [4.69, 9.17) is 12.2 Å². The first-order valence-corrected chi connectivity index (χ1v) is 8.22. The number of phenols is 1. The highest BCUT2D eigenvalue weighted by Crippen LogP contribution is 2.22. The van der Waals surface area contributed by atoms with Gasteiger partial charge in [0.15, 0.2) is 5.78 Å². The number of hydrogen-bond donors (Lipinski definition) is 1. The molecule has 0 unspecified atom stereocenters. The fourth-order valence-electron chi connectivity index (χ4n) is 2.25. The standard InChI is InChI=1S/C15H19NO2S2/c1-11-5-6-12(13(17)9-11)14(18)10-20-15(19)16-7-3-2-4-8-16/h5-6,9,17H,2-4,7-8,10H2,1H3. The average Bonchev–Trinajstić information content (AvgIpc) is 2.45. The van der Waals surface area contributed by atoms with E-state index >= 15 is 0 Å². The zero-order chi connectivity index (χ0) is 14.5. The van der Waals surface area contributed by atoms with Crippen molar-refractivity contribution in [3.63, 3.8) is 0 Å². The van der Waals surface area contributed by atoms with Crippen molar-refractivity contribution in [3.05, 3.63) is 29.3 Å². The minimum Gasteiger partial charge on any atom is -0.507 e. The van der Waals surface area contributed by atoms with E-state index < -0.39 is 0 Å². The molecular formula is C15H19NO2S2. The van der Waals surface area contributed by atoms with Crippen LogP contribution in [0.3, 0.4) is 0 Å². The van der Waals surface area contributed by atoms with Gasteiger partial charge in [-0.1, -0.05) is 30.0 Å². The number of phenolic OH excluding ortho intramolecular Hbond substituents is 1. The molecule has 0 atom stereocenters. The van der Waals surface area contributed by atoms with Gasteiger partial charge in [0.2, 0.25) is 0 Å². The molecule has 2 rings (SSSR count). The van der Waals surface area contributed by atoms with E-state index in [9.17, 15) is 9.90 Å². The van der Waals surface area contributed by atoms with E-state index in [0.29, 0.717) is 5.56 Å². The molecule has 0 aliphatic carbocycles. The van der Waals surface area contributed by atoms with Gasteiger partial charge in [-0.15, -0.1) is 0 Å². The molecule has 0 spiro atoms. The minimum absolute atomic E-state index is 0.0551. The van der Waals surface area contributed by atoms with E-state index in [1.807, 2.05) is 13.0 Å². The third-order valence-electron chi connectivity index (χ3n) is 3.39. The average molecular weight is 309 g/mol. The van der Waals surface area contributed by atoms with Crippen LogP contribution in [0.25, 0.3) is 0 Å². The van der Waals surface area contributed by atoms with Crippen LogP contribution in [0.5, 0.6) is 5.75 Å². The van der Waals surface area contributed by atoms with E-state index in [-0.39, 0.29) is 17.3 Å². The maximum Gasteiger partial charge on any atom is 0.176 e. The number of thiocarbonyl (C=S) groups is 1. The molecule has 0 radical (unpaired) electrons. The van der Waals surface area contributed by atoms with Gasteiger partial charge in [-0.3, -0.25) is 4.79 Å². The lowest BCUT2D eigenvalue weighted by atomic mass is 10.1. The molecule has 5 heteroatoms. The third-order valence-corrected chi connectivity index (χ3v) is 4.92. The summed E-state index contributed by atoms with van der Waals surface area (Å²) in [5.74, 6) is 0.262. The number of carbonyl (C=O) groups is 1. The molecule has 3 nitrogen and oxygen atoms in total. The Labute approximate surface area is 129 Å². The Balaban J connectivity index is 1.89. The topological polar surface area (TPSA) is 40.5 Å². The Kier molecular flexibility index (Phi) is 5.43. The molecule has 1 aromatic rings. The van der Waals surface area contributed by atoms with Gasteiger partial charge in [-0.2, -0.15) is 0 Å². The van der Waals surface area contributed by atoms with E-state index in [2.05, 4.69) is 4.90 Å². The number of likely N-dealkylation sites (tertiary alicyclic amines) is 1. The number of thioether (sulfide) groups is 1. The highest BCUT2D eigenvalue weighted by atomic mass is 32.2. The Bertz CT molecular complexity index is 511. The van der Waals surface area contributed by atoms with Crippen LogP contribution in [0.4, 0.5) is 0 Å². The number of aryl methyl sites for hydroxylation is 1. The number of nitrogens with zero attached hydrogens (tertiary/aromatic N) is 1. The molecule has 1 heterocycles. The summed E-state index contributed by atoms with van der Waals surface area (Å²) in [5.41, 5.74) is 1.32. The van der Waals surface area contributed by atoms with Crippen molar-refractivity contribution < 1.29 is 9.90 Å². The van der Waals surface area contributed by atoms with Crippen LogP contribution in [-0.2, 0) is 0 Å². The van der Waals surface area contributed by atoms with Gasteiger partial charge >= 0.3 is 0 Å². The fraction of sp³-hybridized carbons (Fsp3) is 0.467. The van der Waals surface area contributed by atoms with Gasteiger partial charge in [-0.05, 0) is 43.9 Å². The van der Waals surface area contributed by atoms with Crippen LogP contribution in [0.1, 0.15) is 35.2 Å². The highest BCUT2D eigenvalue weighted by Gasteiger charge is 2.17. The van der Waals surface area contributed by atoms with Gasteiger partial charge in [0.1, 0.15) is 10.1 Å². The number of ketones is 1. The molecule has 1 aliphatic heterocycles. The molecule has 1 saturated heterocycles. The number of hydrogen-bond acceptors (Lipinski definition) is 4. The molecule has 1 N–H and O–H groups in total. The molecule has 108 valence electrons. The first-order valence-electron chi connectivity index (χ1n) is 6.82. The van der Waals surface area contributed by atoms with Crippen molar-refractivity contribution in [2.75, 3.05) is 18.8 Å². The van der Waals surface area contributed by atoms with Crippen LogP contribution < -0.4 is 0 Å². The highest BCUT2D eigenvalue weighted by molar-refractivity contribution is 8.23. The van der Waals surface area contributed by atoms with Crippen LogP contribution in [0.15, 0.2) is 18.2 Å². The maximum atomic E-state index is 12.1. The second-order valence-electron chi connectivity index (χ2n) is 5.05. The largest absolute Gasteiger partial charge is 0.507 e. The molecule has 1 fully saturated rings. The van der Waals surface area contributed by atoms with E-state index in [0.717, 1.165) is 23.0 Å². The van der Waals surface area contributed by atoms with Crippen LogP contribution in [0, 0.1) is 6.92 Å². The maximum absolute atomic E-state index is 12.1. The summed E-state index contributed by atoms with van der Waals surface area (Å²) in [4.78, 5) is 14.3. The lowest BCUT2D eigenvalue weighted by molar-refractivity contribution is 0.102. The van der Waals surface area contributed by atoms with Gasteiger partial charge in [0.05, 0.1) is 11.3 Å². The molecular weight excluding hydrogens is 290 g/mol. The minimum atomic E-state index is -0.0770. The van der Waals surface area contributed by atoms with Crippen molar-refractivity contribution in [1.29, 1.82) is 0 Å². The molecule has 1 aliphatic rings. The van der Waals surface area contributed by atoms with Crippen molar-refractivity contribution in [3.8, 4) is 5.75 Å². The lowest BCUT2D eigenvalue weighted by Gasteiger charge is -2.28. The molecule has 0 aromatic heterocycles. The number of piperidine rings is 1. The Morgan fingerprint density at radius 1 is 1.35 bits per heavy atom. The first kappa shape index (κ1) is 15.3. The molecule has 1 aromatic carbocycles. The monoisotopic (exact) mass is 309 g/mol. The second kappa shape index (κ2) is 7.09. The summed E-state index contributed by atoms with van der Waals surface area (Å²) >= 11 is 6.77.